The van der Waals surface area contributed by atoms with Crippen LogP contribution in [0.1, 0.15) is 0 Å². The van der Waals surface area contributed by atoms with E-state index in [9.17, 15) is 0 Å². The van der Waals surface area contributed by atoms with Gasteiger partial charge in [0.05, 0.1) is 5.69 Å². The molecule has 0 N–H and O–H groups in total. The SMILES string of the molecule is c1ccc(-c2ccc(N(c3ccc(-c4ccc(-c5cccc6ccccc56)cc4)cc3)c3cc(-c4cccc5ccccc45)ccc3-c3ccccc3)cc2)cc1. The van der Waals surface area contributed by atoms with Gasteiger partial charge in [0.25, 0.3) is 0 Å². The molecule has 0 aliphatic carbocycles. The zero-order valence-electron chi connectivity index (χ0n) is 31.5. The van der Waals surface area contributed by atoms with Crippen LogP contribution in [0.15, 0.2) is 237 Å². The summed E-state index contributed by atoms with van der Waals surface area (Å²) < 4.78 is 0. The second-order valence-corrected chi connectivity index (χ2v) is 14.5. The van der Waals surface area contributed by atoms with E-state index < -0.39 is 0 Å². The van der Waals surface area contributed by atoms with E-state index in [0.29, 0.717) is 0 Å². The van der Waals surface area contributed by atoms with Crippen LogP contribution in [0.2, 0.25) is 0 Å². The molecule has 0 radical (unpaired) electrons. The highest BCUT2D eigenvalue weighted by atomic mass is 15.1. The Balaban J connectivity index is 1.09. The summed E-state index contributed by atoms with van der Waals surface area (Å²) in [6, 6.07) is 85.7. The van der Waals surface area contributed by atoms with Crippen molar-refractivity contribution in [2.75, 3.05) is 4.90 Å². The van der Waals surface area contributed by atoms with Crippen LogP contribution < -0.4 is 4.90 Å². The highest BCUT2D eigenvalue weighted by molar-refractivity contribution is 6.00. The van der Waals surface area contributed by atoms with Gasteiger partial charge in [0, 0.05) is 16.9 Å². The molecule has 0 aliphatic rings. The maximum atomic E-state index is 2.42. The van der Waals surface area contributed by atoms with Crippen LogP contribution in [0.4, 0.5) is 17.1 Å². The Labute approximate surface area is 334 Å². The third kappa shape index (κ3) is 6.66. The Morgan fingerprint density at radius 1 is 0.228 bits per heavy atom. The minimum atomic E-state index is 1.09. The fourth-order valence-corrected chi connectivity index (χ4v) is 8.21. The number of hydrogen-bond acceptors (Lipinski definition) is 1. The summed E-state index contributed by atoms with van der Waals surface area (Å²) in [6.07, 6.45) is 0. The Morgan fingerprint density at radius 3 is 1.14 bits per heavy atom. The molecule has 0 saturated heterocycles. The van der Waals surface area contributed by atoms with Crippen molar-refractivity contribution in [3.63, 3.8) is 0 Å². The van der Waals surface area contributed by atoms with Gasteiger partial charge in [0.15, 0.2) is 0 Å². The molecular formula is C56H39N. The summed E-state index contributed by atoms with van der Waals surface area (Å²) in [7, 11) is 0. The van der Waals surface area contributed by atoms with Crippen LogP contribution in [0, 0.1) is 0 Å². The first-order valence-electron chi connectivity index (χ1n) is 19.6. The molecule has 57 heavy (non-hydrogen) atoms. The lowest BCUT2D eigenvalue weighted by Gasteiger charge is -2.29. The molecule has 10 aromatic rings. The fourth-order valence-electron chi connectivity index (χ4n) is 8.21. The lowest BCUT2D eigenvalue weighted by Crippen LogP contribution is -2.11. The van der Waals surface area contributed by atoms with Crippen molar-refractivity contribution in [1.29, 1.82) is 0 Å². The first-order chi connectivity index (χ1) is 28.3. The molecule has 0 unspecified atom stereocenters. The Morgan fingerprint density at radius 2 is 0.596 bits per heavy atom. The van der Waals surface area contributed by atoms with Crippen molar-refractivity contribution in [2.24, 2.45) is 0 Å². The van der Waals surface area contributed by atoms with Gasteiger partial charge in [-0.25, -0.2) is 0 Å². The van der Waals surface area contributed by atoms with Gasteiger partial charge >= 0.3 is 0 Å². The van der Waals surface area contributed by atoms with Gasteiger partial charge in [0.1, 0.15) is 0 Å². The molecule has 10 aromatic carbocycles. The predicted octanol–water partition coefficient (Wildman–Crippen LogP) is 15.8. The normalized spacial score (nSPS) is 11.2. The maximum absolute atomic E-state index is 2.42. The lowest BCUT2D eigenvalue weighted by molar-refractivity contribution is 1.28. The summed E-state index contributed by atoms with van der Waals surface area (Å²) in [6.45, 7) is 0. The Kier molecular flexibility index (Phi) is 8.95. The van der Waals surface area contributed by atoms with Crippen LogP contribution in [-0.4, -0.2) is 0 Å². The van der Waals surface area contributed by atoms with Gasteiger partial charge in [-0.3, -0.25) is 0 Å². The molecule has 0 saturated carbocycles. The average Bonchev–Trinajstić information content (AvgIpc) is 3.30. The van der Waals surface area contributed by atoms with Crippen molar-refractivity contribution in [2.45, 2.75) is 0 Å². The summed E-state index contributed by atoms with van der Waals surface area (Å²) >= 11 is 0. The summed E-state index contributed by atoms with van der Waals surface area (Å²) in [4.78, 5) is 2.42. The van der Waals surface area contributed by atoms with E-state index in [1.807, 2.05) is 0 Å². The molecule has 0 atom stereocenters. The molecule has 0 amide bonds. The van der Waals surface area contributed by atoms with E-state index in [0.717, 1.165) is 17.1 Å². The molecule has 0 bridgehead atoms. The van der Waals surface area contributed by atoms with Gasteiger partial charge in [-0.1, -0.05) is 206 Å². The largest absolute Gasteiger partial charge is 0.310 e. The van der Waals surface area contributed by atoms with Gasteiger partial charge in [-0.2, -0.15) is 0 Å². The molecule has 0 fully saturated rings. The first-order valence-corrected chi connectivity index (χ1v) is 19.6. The lowest BCUT2D eigenvalue weighted by atomic mass is 9.94. The average molecular weight is 726 g/mol. The second-order valence-electron chi connectivity index (χ2n) is 14.5. The molecule has 0 aromatic heterocycles. The molecule has 1 heteroatoms. The third-order valence-electron chi connectivity index (χ3n) is 11.1. The molecule has 10 rings (SSSR count). The summed E-state index contributed by atoms with van der Waals surface area (Å²) in [5, 5.41) is 5.01. The topological polar surface area (TPSA) is 3.24 Å². The molecule has 0 aliphatic heterocycles. The second kappa shape index (κ2) is 15.0. The number of anilines is 3. The third-order valence-corrected chi connectivity index (χ3v) is 11.1. The zero-order valence-corrected chi connectivity index (χ0v) is 31.5. The summed E-state index contributed by atoms with van der Waals surface area (Å²) in [5.74, 6) is 0. The van der Waals surface area contributed by atoms with E-state index in [-0.39, 0.29) is 0 Å². The van der Waals surface area contributed by atoms with Crippen molar-refractivity contribution in [3.8, 4) is 55.6 Å². The van der Waals surface area contributed by atoms with Crippen LogP contribution >= 0.6 is 0 Å². The Bertz CT molecular complexity index is 2950. The number of nitrogens with zero attached hydrogens (tertiary/aromatic N) is 1. The number of fused-ring (bicyclic) bond motifs is 2. The van der Waals surface area contributed by atoms with E-state index in [2.05, 4.69) is 241 Å². The standard InChI is InChI=1S/C56H39N/c1-3-13-40(14-4-1)42-29-34-49(35-30-42)57(50-36-31-43(32-37-50)41-25-27-47(28-26-41)53-23-11-19-44-17-7-9-21-51(44)53)56-39-48(33-38-55(56)46-15-5-2-6-16-46)54-24-12-20-45-18-8-10-22-52(45)54/h1-39H. The summed E-state index contributed by atoms with van der Waals surface area (Å²) in [5.41, 5.74) is 15.3. The quantitative estimate of drug-likeness (QED) is 0.151. The maximum Gasteiger partial charge on any atom is 0.0546 e. The van der Waals surface area contributed by atoms with Gasteiger partial charge in [0.2, 0.25) is 0 Å². The predicted molar refractivity (Wildman–Crippen MR) is 243 cm³/mol. The van der Waals surface area contributed by atoms with E-state index in [1.165, 1.54) is 77.2 Å². The van der Waals surface area contributed by atoms with Crippen LogP contribution in [0.5, 0.6) is 0 Å². The number of rotatable bonds is 8. The van der Waals surface area contributed by atoms with E-state index in [4.69, 9.17) is 0 Å². The van der Waals surface area contributed by atoms with Gasteiger partial charge < -0.3 is 4.90 Å². The molecule has 0 heterocycles. The Hall–Kier alpha value is -7.48. The first kappa shape index (κ1) is 34.0. The van der Waals surface area contributed by atoms with Crippen LogP contribution in [0.25, 0.3) is 77.2 Å². The van der Waals surface area contributed by atoms with Crippen molar-refractivity contribution in [1.82, 2.24) is 0 Å². The van der Waals surface area contributed by atoms with E-state index >= 15 is 0 Å². The molecule has 268 valence electrons. The molecular weight excluding hydrogens is 687 g/mol. The minimum Gasteiger partial charge on any atom is -0.310 e. The zero-order chi connectivity index (χ0) is 38.0. The highest BCUT2D eigenvalue weighted by Gasteiger charge is 2.20. The van der Waals surface area contributed by atoms with Crippen LogP contribution in [-0.2, 0) is 0 Å². The number of hydrogen-bond donors (Lipinski definition) is 0. The highest BCUT2D eigenvalue weighted by Crippen LogP contribution is 2.44. The van der Waals surface area contributed by atoms with Crippen molar-refractivity contribution >= 4 is 38.6 Å². The number of benzene rings is 10. The van der Waals surface area contributed by atoms with Crippen molar-refractivity contribution < 1.29 is 0 Å². The smallest absolute Gasteiger partial charge is 0.0546 e. The van der Waals surface area contributed by atoms with Crippen LogP contribution in [0.3, 0.4) is 0 Å². The van der Waals surface area contributed by atoms with E-state index in [1.54, 1.807) is 0 Å². The van der Waals surface area contributed by atoms with Gasteiger partial charge in [-0.05, 0) is 102 Å². The monoisotopic (exact) mass is 725 g/mol. The van der Waals surface area contributed by atoms with Gasteiger partial charge in [-0.15, -0.1) is 0 Å². The molecule has 1 nitrogen and oxygen atoms in total. The van der Waals surface area contributed by atoms with Crippen molar-refractivity contribution in [3.05, 3.63) is 237 Å². The fraction of sp³-hybridized carbons (Fsp3) is 0. The molecule has 0 spiro atoms. The minimum absolute atomic E-state index is 1.09.